The van der Waals surface area contributed by atoms with Crippen molar-refractivity contribution in [3.05, 3.63) is 170 Å². The lowest BCUT2D eigenvalue weighted by molar-refractivity contribution is 0.669. The number of fused-ring (bicyclic) bond motifs is 10. The van der Waals surface area contributed by atoms with Gasteiger partial charge in [0.2, 0.25) is 0 Å². The van der Waals surface area contributed by atoms with Gasteiger partial charge in [0.05, 0.1) is 0 Å². The molecule has 0 bridgehead atoms. The van der Waals surface area contributed by atoms with Gasteiger partial charge < -0.3 is 4.42 Å². The molecule has 9 aromatic carbocycles. The monoisotopic (exact) mass is 652 g/mol. The van der Waals surface area contributed by atoms with E-state index in [1.165, 1.54) is 85.9 Å². The molecule has 0 N–H and O–H groups in total. The van der Waals surface area contributed by atoms with Gasteiger partial charge in [0.25, 0.3) is 0 Å². The van der Waals surface area contributed by atoms with Gasteiger partial charge in [-0.3, -0.25) is 0 Å². The fourth-order valence-electron chi connectivity index (χ4n) is 8.21. The van der Waals surface area contributed by atoms with Gasteiger partial charge in [-0.2, -0.15) is 0 Å². The van der Waals surface area contributed by atoms with Gasteiger partial charge in [-0.25, -0.2) is 0 Å². The quantitative estimate of drug-likeness (QED) is 0.173. The molecule has 11 aromatic rings. The highest BCUT2D eigenvalue weighted by Crippen LogP contribution is 2.45. The average molecular weight is 653 g/mol. The van der Waals surface area contributed by atoms with E-state index < -0.39 is 0 Å². The molecule has 1 nitrogen and oxygen atoms in total. The Hall–Kier alpha value is -6.22. The second-order valence-corrected chi connectivity index (χ2v) is 14.3. The molecule has 0 unspecified atom stereocenters. The van der Waals surface area contributed by atoms with Crippen LogP contribution in [-0.2, 0) is 0 Å². The van der Waals surface area contributed by atoms with E-state index in [1.54, 1.807) is 0 Å². The van der Waals surface area contributed by atoms with E-state index in [4.69, 9.17) is 4.42 Å². The lowest BCUT2D eigenvalue weighted by Crippen LogP contribution is -1.91. The summed E-state index contributed by atoms with van der Waals surface area (Å²) < 4.78 is 9.05. The molecular weight excluding hydrogens is 625 g/mol. The molecule has 2 aromatic heterocycles. The van der Waals surface area contributed by atoms with Crippen molar-refractivity contribution in [1.82, 2.24) is 0 Å². The summed E-state index contributed by atoms with van der Waals surface area (Å²) in [6, 6.07) is 62.0. The van der Waals surface area contributed by atoms with Crippen molar-refractivity contribution in [3.63, 3.8) is 0 Å². The van der Waals surface area contributed by atoms with E-state index in [1.807, 2.05) is 11.3 Å². The SMILES string of the molecule is c1ccc(-c2c3ccccc3c(-c3cccc(-c4ccc5oc6cc7sc8ccc9ccccc9c8c7cc6c5c4)c3)c3ccccc23)cc1. The van der Waals surface area contributed by atoms with E-state index in [0.29, 0.717) is 0 Å². The van der Waals surface area contributed by atoms with Gasteiger partial charge in [-0.05, 0) is 102 Å². The van der Waals surface area contributed by atoms with Crippen LogP contribution in [0.2, 0.25) is 0 Å². The topological polar surface area (TPSA) is 13.1 Å². The van der Waals surface area contributed by atoms with E-state index in [0.717, 1.165) is 21.9 Å². The van der Waals surface area contributed by atoms with Gasteiger partial charge in [0.15, 0.2) is 0 Å². The van der Waals surface area contributed by atoms with Gasteiger partial charge >= 0.3 is 0 Å². The van der Waals surface area contributed by atoms with Crippen molar-refractivity contribution in [2.75, 3.05) is 0 Å². The summed E-state index contributed by atoms with van der Waals surface area (Å²) in [6.07, 6.45) is 0. The van der Waals surface area contributed by atoms with E-state index in [2.05, 4.69) is 170 Å². The molecule has 232 valence electrons. The van der Waals surface area contributed by atoms with Crippen LogP contribution in [0.25, 0.3) is 108 Å². The summed E-state index contributed by atoms with van der Waals surface area (Å²) in [7, 11) is 0. The van der Waals surface area contributed by atoms with Crippen LogP contribution in [-0.4, -0.2) is 0 Å². The Morgan fingerprint density at radius 2 is 0.920 bits per heavy atom. The lowest BCUT2D eigenvalue weighted by Gasteiger charge is -2.18. The summed E-state index contributed by atoms with van der Waals surface area (Å²) in [5.74, 6) is 0. The smallest absolute Gasteiger partial charge is 0.136 e. The molecular formula is C48H28OS. The van der Waals surface area contributed by atoms with E-state index >= 15 is 0 Å². The standard InChI is InChI=1S/C48H28OS/c1-2-12-30(13-3-1)46-35-17-6-8-19-37(35)47(38-20-9-7-18-36(38)46)33-15-10-14-31(25-33)32-21-23-42-39(26-32)40-27-41-45(28-43(40)49-42)50-44-24-22-29-11-4-5-16-34(29)48(41)44/h1-28H. The molecule has 0 atom stereocenters. The molecule has 50 heavy (non-hydrogen) atoms. The highest BCUT2D eigenvalue weighted by atomic mass is 32.1. The van der Waals surface area contributed by atoms with E-state index in [9.17, 15) is 0 Å². The lowest BCUT2D eigenvalue weighted by atomic mass is 9.85. The first kappa shape index (κ1) is 27.7. The minimum absolute atomic E-state index is 0.917. The van der Waals surface area contributed by atoms with Crippen LogP contribution in [0, 0.1) is 0 Å². The molecule has 0 amide bonds. The first-order valence-electron chi connectivity index (χ1n) is 17.1. The normalized spacial score (nSPS) is 12.0. The van der Waals surface area contributed by atoms with Crippen LogP contribution < -0.4 is 0 Å². The Bertz CT molecular complexity index is 3090. The molecule has 11 rings (SSSR count). The first-order valence-corrected chi connectivity index (χ1v) is 17.9. The number of thiophene rings is 1. The fraction of sp³-hybridized carbons (Fsp3) is 0. The number of furan rings is 1. The number of rotatable bonds is 3. The van der Waals surface area contributed by atoms with Gasteiger partial charge in [-0.1, -0.05) is 133 Å². The second-order valence-electron chi connectivity index (χ2n) is 13.2. The highest BCUT2D eigenvalue weighted by Gasteiger charge is 2.18. The van der Waals surface area contributed by atoms with Crippen LogP contribution in [0.4, 0.5) is 0 Å². The minimum atomic E-state index is 0.917. The molecule has 0 saturated heterocycles. The maximum Gasteiger partial charge on any atom is 0.136 e. The zero-order valence-corrected chi connectivity index (χ0v) is 27.8. The molecule has 0 fully saturated rings. The molecule has 0 saturated carbocycles. The van der Waals surface area contributed by atoms with Crippen molar-refractivity contribution in [3.8, 4) is 33.4 Å². The number of benzene rings is 9. The van der Waals surface area contributed by atoms with Crippen LogP contribution in [0.5, 0.6) is 0 Å². The third-order valence-electron chi connectivity index (χ3n) is 10.4. The third kappa shape index (κ3) is 4.06. The Morgan fingerprint density at radius 1 is 0.320 bits per heavy atom. The van der Waals surface area contributed by atoms with Gasteiger partial charge in [0, 0.05) is 30.9 Å². The van der Waals surface area contributed by atoms with Crippen molar-refractivity contribution < 1.29 is 4.42 Å². The van der Waals surface area contributed by atoms with Crippen LogP contribution in [0.1, 0.15) is 0 Å². The Kier molecular flexibility index (Phi) is 5.89. The number of hydrogen-bond donors (Lipinski definition) is 0. The first-order chi connectivity index (χ1) is 24.8. The van der Waals surface area contributed by atoms with Crippen LogP contribution in [0.3, 0.4) is 0 Å². The summed E-state index contributed by atoms with van der Waals surface area (Å²) >= 11 is 1.84. The van der Waals surface area contributed by atoms with E-state index in [-0.39, 0.29) is 0 Å². The maximum atomic E-state index is 6.48. The molecule has 0 spiro atoms. The molecule has 2 heterocycles. The third-order valence-corrected chi connectivity index (χ3v) is 11.5. The molecule has 0 aliphatic carbocycles. The molecule has 0 aliphatic heterocycles. The second kappa shape index (κ2) is 10.6. The van der Waals surface area contributed by atoms with Gasteiger partial charge in [-0.15, -0.1) is 11.3 Å². The largest absolute Gasteiger partial charge is 0.456 e. The summed E-state index contributed by atoms with van der Waals surface area (Å²) in [4.78, 5) is 0. The predicted octanol–water partition coefficient (Wildman–Crippen LogP) is 14.4. The molecule has 0 radical (unpaired) electrons. The highest BCUT2D eigenvalue weighted by molar-refractivity contribution is 7.26. The molecule has 2 heteroatoms. The maximum absolute atomic E-state index is 6.48. The van der Waals surface area contributed by atoms with Crippen molar-refractivity contribution in [2.45, 2.75) is 0 Å². The van der Waals surface area contributed by atoms with Crippen molar-refractivity contribution in [1.29, 1.82) is 0 Å². The summed E-state index contributed by atoms with van der Waals surface area (Å²) in [5, 5.41) is 12.6. The Balaban J connectivity index is 1.11. The fourth-order valence-corrected chi connectivity index (χ4v) is 9.34. The Labute approximate surface area is 292 Å². The zero-order valence-electron chi connectivity index (χ0n) is 27.0. The average Bonchev–Trinajstić information content (AvgIpc) is 3.73. The van der Waals surface area contributed by atoms with Gasteiger partial charge in [0.1, 0.15) is 11.2 Å². The van der Waals surface area contributed by atoms with Crippen LogP contribution >= 0.6 is 11.3 Å². The van der Waals surface area contributed by atoms with Crippen LogP contribution in [0.15, 0.2) is 174 Å². The summed E-state index contributed by atoms with van der Waals surface area (Å²) in [5.41, 5.74) is 9.23. The van der Waals surface area contributed by atoms with Crippen molar-refractivity contribution >= 4 is 85.8 Å². The Morgan fingerprint density at radius 3 is 1.68 bits per heavy atom. The molecule has 0 aliphatic rings. The van der Waals surface area contributed by atoms with Crippen molar-refractivity contribution in [2.24, 2.45) is 0 Å². The predicted molar refractivity (Wildman–Crippen MR) is 215 cm³/mol. The minimum Gasteiger partial charge on any atom is -0.456 e. The zero-order chi connectivity index (χ0) is 32.8. The number of hydrogen-bond acceptors (Lipinski definition) is 2. The summed E-state index contributed by atoms with van der Waals surface area (Å²) in [6.45, 7) is 0.